The van der Waals surface area contributed by atoms with Gasteiger partial charge < -0.3 is 15.2 Å². The Morgan fingerprint density at radius 2 is 2.05 bits per heavy atom. The molecule has 1 fully saturated rings. The Kier molecular flexibility index (Phi) is 6.34. The van der Waals surface area contributed by atoms with Crippen LogP contribution in [-0.2, 0) is 7.05 Å². The van der Waals surface area contributed by atoms with Crippen molar-refractivity contribution in [1.29, 1.82) is 0 Å². The average Bonchev–Trinajstić information content (AvgIpc) is 2.71. The minimum absolute atomic E-state index is 0. The van der Waals surface area contributed by atoms with E-state index in [2.05, 4.69) is 15.5 Å². The van der Waals surface area contributed by atoms with Crippen LogP contribution in [0.5, 0.6) is 0 Å². The molecule has 0 atom stereocenters. The zero-order valence-corrected chi connectivity index (χ0v) is 12.4. The predicted molar refractivity (Wildman–Crippen MR) is 79.0 cm³/mol. The lowest BCUT2D eigenvalue weighted by Crippen LogP contribution is -2.46. The molecule has 1 aliphatic rings. The summed E-state index contributed by atoms with van der Waals surface area (Å²) in [6, 6.07) is 3.83. The molecular formula is C13H23ClN4O. The number of hydrogen-bond donors (Lipinski definition) is 2. The quantitative estimate of drug-likeness (QED) is 0.842. The summed E-state index contributed by atoms with van der Waals surface area (Å²) in [6.45, 7) is 7.87. The first kappa shape index (κ1) is 16.0. The van der Waals surface area contributed by atoms with Crippen molar-refractivity contribution in [3.05, 3.63) is 23.5 Å². The first-order chi connectivity index (χ1) is 8.68. The van der Waals surface area contributed by atoms with Gasteiger partial charge in [0.05, 0.1) is 0 Å². The van der Waals surface area contributed by atoms with Crippen LogP contribution in [0, 0.1) is 6.92 Å². The highest BCUT2D eigenvalue weighted by Crippen LogP contribution is 2.05. The average molecular weight is 287 g/mol. The van der Waals surface area contributed by atoms with E-state index in [-0.39, 0.29) is 18.3 Å². The summed E-state index contributed by atoms with van der Waals surface area (Å²) in [5.74, 6) is 0.0146. The van der Waals surface area contributed by atoms with E-state index in [1.54, 1.807) is 0 Å². The van der Waals surface area contributed by atoms with Crippen molar-refractivity contribution >= 4 is 18.3 Å². The van der Waals surface area contributed by atoms with Gasteiger partial charge in [0.2, 0.25) is 0 Å². The molecule has 0 saturated carbocycles. The van der Waals surface area contributed by atoms with Crippen molar-refractivity contribution in [1.82, 2.24) is 20.1 Å². The second kappa shape index (κ2) is 7.53. The molecule has 19 heavy (non-hydrogen) atoms. The van der Waals surface area contributed by atoms with Crippen LogP contribution in [-0.4, -0.2) is 54.6 Å². The molecule has 0 bridgehead atoms. The van der Waals surface area contributed by atoms with Gasteiger partial charge in [0, 0.05) is 52.0 Å². The lowest BCUT2D eigenvalue weighted by molar-refractivity contribution is 0.0939. The highest BCUT2D eigenvalue weighted by Gasteiger charge is 2.12. The maximum atomic E-state index is 12.0. The van der Waals surface area contributed by atoms with E-state index in [9.17, 15) is 4.79 Å². The fourth-order valence-electron chi connectivity index (χ4n) is 2.19. The summed E-state index contributed by atoms with van der Waals surface area (Å²) in [6.07, 6.45) is 0. The molecule has 108 valence electrons. The van der Waals surface area contributed by atoms with E-state index in [0.717, 1.165) is 44.1 Å². The van der Waals surface area contributed by atoms with Crippen LogP contribution >= 0.6 is 12.4 Å². The molecule has 1 saturated heterocycles. The number of rotatable bonds is 4. The number of nitrogens with one attached hydrogen (secondary N) is 2. The maximum absolute atomic E-state index is 12.0. The van der Waals surface area contributed by atoms with Crippen molar-refractivity contribution in [3.8, 4) is 0 Å². The normalized spacial score (nSPS) is 15.9. The van der Waals surface area contributed by atoms with Gasteiger partial charge in [-0.25, -0.2) is 0 Å². The maximum Gasteiger partial charge on any atom is 0.267 e. The molecule has 0 unspecified atom stereocenters. The summed E-state index contributed by atoms with van der Waals surface area (Å²) < 4.78 is 1.92. The molecular weight excluding hydrogens is 264 g/mol. The number of aryl methyl sites for hydroxylation is 1. The number of carbonyl (C=O) groups is 1. The number of nitrogens with zero attached hydrogens (tertiary/aromatic N) is 2. The van der Waals surface area contributed by atoms with Gasteiger partial charge in [0.1, 0.15) is 5.69 Å². The van der Waals surface area contributed by atoms with E-state index in [0.29, 0.717) is 6.54 Å². The van der Waals surface area contributed by atoms with Gasteiger partial charge in [-0.15, -0.1) is 12.4 Å². The van der Waals surface area contributed by atoms with Gasteiger partial charge in [0.25, 0.3) is 5.91 Å². The van der Waals surface area contributed by atoms with Gasteiger partial charge in [-0.05, 0) is 19.1 Å². The predicted octanol–water partition coefficient (Wildman–Crippen LogP) is 0.390. The number of amides is 1. The zero-order valence-electron chi connectivity index (χ0n) is 11.6. The Labute approximate surface area is 120 Å². The largest absolute Gasteiger partial charge is 0.349 e. The van der Waals surface area contributed by atoms with Gasteiger partial charge in [-0.2, -0.15) is 0 Å². The molecule has 5 nitrogen and oxygen atoms in total. The molecule has 1 aromatic heterocycles. The fraction of sp³-hybridized carbons (Fsp3) is 0.615. The molecule has 2 N–H and O–H groups in total. The standard InChI is InChI=1S/C13H22N4O.ClH/c1-11-3-4-12(16(11)2)13(18)15-7-10-17-8-5-14-6-9-17;/h3-4,14H,5-10H2,1-2H3,(H,15,18);1H. The van der Waals surface area contributed by atoms with Crippen LogP contribution in [0.2, 0.25) is 0 Å². The summed E-state index contributed by atoms with van der Waals surface area (Å²) in [7, 11) is 1.92. The molecule has 2 heterocycles. The monoisotopic (exact) mass is 286 g/mol. The van der Waals surface area contributed by atoms with E-state index >= 15 is 0 Å². The number of piperazine rings is 1. The highest BCUT2D eigenvalue weighted by atomic mass is 35.5. The zero-order chi connectivity index (χ0) is 13.0. The number of aromatic nitrogens is 1. The first-order valence-electron chi connectivity index (χ1n) is 6.52. The molecule has 0 aromatic carbocycles. The third-order valence-corrected chi connectivity index (χ3v) is 3.53. The summed E-state index contributed by atoms with van der Waals surface area (Å²) in [5.41, 5.74) is 1.83. The van der Waals surface area contributed by atoms with Crippen LogP contribution in [0.4, 0.5) is 0 Å². The highest BCUT2D eigenvalue weighted by molar-refractivity contribution is 5.92. The van der Waals surface area contributed by atoms with E-state index in [4.69, 9.17) is 0 Å². The van der Waals surface area contributed by atoms with Gasteiger partial charge in [-0.1, -0.05) is 0 Å². The number of carbonyl (C=O) groups excluding carboxylic acids is 1. The minimum Gasteiger partial charge on any atom is -0.349 e. The van der Waals surface area contributed by atoms with Crippen molar-refractivity contribution in [2.75, 3.05) is 39.3 Å². The first-order valence-corrected chi connectivity index (χ1v) is 6.52. The SMILES string of the molecule is Cc1ccc(C(=O)NCCN2CCNCC2)n1C.Cl. The molecule has 2 rings (SSSR count). The molecule has 1 aromatic rings. The minimum atomic E-state index is 0. The van der Waals surface area contributed by atoms with Crippen molar-refractivity contribution in [2.45, 2.75) is 6.92 Å². The second-order valence-electron chi connectivity index (χ2n) is 4.77. The molecule has 0 spiro atoms. The summed E-state index contributed by atoms with van der Waals surface area (Å²) in [5, 5.41) is 6.30. The molecule has 0 radical (unpaired) electrons. The Hall–Kier alpha value is -1.04. The molecule has 1 aliphatic heterocycles. The smallest absolute Gasteiger partial charge is 0.267 e. The summed E-state index contributed by atoms with van der Waals surface area (Å²) in [4.78, 5) is 14.3. The van der Waals surface area contributed by atoms with Crippen molar-refractivity contribution in [2.24, 2.45) is 7.05 Å². The van der Waals surface area contributed by atoms with Crippen molar-refractivity contribution < 1.29 is 4.79 Å². The van der Waals surface area contributed by atoms with Gasteiger partial charge in [-0.3, -0.25) is 9.69 Å². The Morgan fingerprint density at radius 3 is 2.63 bits per heavy atom. The Bertz CT molecular complexity index is 413. The van der Waals surface area contributed by atoms with Crippen LogP contribution in [0.15, 0.2) is 12.1 Å². The molecule has 1 amide bonds. The number of hydrogen-bond acceptors (Lipinski definition) is 3. The fourth-order valence-corrected chi connectivity index (χ4v) is 2.19. The lowest BCUT2D eigenvalue weighted by Gasteiger charge is -2.27. The Morgan fingerprint density at radius 1 is 1.37 bits per heavy atom. The van der Waals surface area contributed by atoms with Crippen molar-refractivity contribution in [3.63, 3.8) is 0 Å². The van der Waals surface area contributed by atoms with E-state index < -0.39 is 0 Å². The topological polar surface area (TPSA) is 49.3 Å². The van der Waals surface area contributed by atoms with E-state index in [1.165, 1.54) is 0 Å². The Balaban J connectivity index is 0.00000180. The third-order valence-electron chi connectivity index (χ3n) is 3.53. The van der Waals surface area contributed by atoms with Crippen LogP contribution in [0.25, 0.3) is 0 Å². The lowest BCUT2D eigenvalue weighted by atomic mass is 10.3. The van der Waals surface area contributed by atoms with Gasteiger partial charge in [0.15, 0.2) is 0 Å². The number of halogens is 1. The van der Waals surface area contributed by atoms with Crippen LogP contribution in [0.1, 0.15) is 16.2 Å². The van der Waals surface area contributed by atoms with E-state index in [1.807, 2.05) is 30.7 Å². The molecule has 6 heteroatoms. The molecule has 0 aliphatic carbocycles. The third kappa shape index (κ3) is 4.23. The van der Waals surface area contributed by atoms with Crippen LogP contribution < -0.4 is 10.6 Å². The van der Waals surface area contributed by atoms with Gasteiger partial charge >= 0.3 is 0 Å². The second-order valence-corrected chi connectivity index (χ2v) is 4.77. The summed E-state index contributed by atoms with van der Waals surface area (Å²) >= 11 is 0. The van der Waals surface area contributed by atoms with Crippen LogP contribution in [0.3, 0.4) is 0 Å².